The fourth-order valence-corrected chi connectivity index (χ4v) is 2.30. The number of hydrogen-bond donors (Lipinski definition) is 1. The molecule has 0 radical (unpaired) electrons. The molecule has 0 aliphatic heterocycles. The normalized spacial score (nSPS) is 10.7. The molecule has 1 aromatic carbocycles. The van der Waals surface area contributed by atoms with Crippen LogP contribution in [0, 0.1) is 12.7 Å². The summed E-state index contributed by atoms with van der Waals surface area (Å²) in [5, 5.41) is 11.2. The monoisotopic (exact) mass is 313 g/mol. The molecule has 0 unspecified atom stereocenters. The lowest BCUT2D eigenvalue weighted by Crippen LogP contribution is -2.13. The Hall–Kier alpha value is -2.96. The summed E-state index contributed by atoms with van der Waals surface area (Å²) in [6, 6.07) is 7.94. The molecule has 2 heterocycles. The van der Waals surface area contributed by atoms with Gasteiger partial charge in [0.2, 0.25) is 0 Å². The third-order valence-corrected chi connectivity index (χ3v) is 3.40. The number of carbonyl (C=O) groups is 1. The van der Waals surface area contributed by atoms with Crippen LogP contribution in [0.3, 0.4) is 0 Å². The summed E-state index contributed by atoms with van der Waals surface area (Å²) in [4.78, 5) is 12.2. The van der Waals surface area contributed by atoms with E-state index >= 15 is 0 Å². The fourth-order valence-electron chi connectivity index (χ4n) is 2.30. The molecule has 118 valence electrons. The van der Waals surface area contributed by atoms with E-state index in [2.05, 4.69) is 15.5 Å². The van der Waals surface area contributed by atoms with Gasteiger partial charge in [-0.3, -0.25) is 14.2 Å². The first-order chi connectivity index (χ1) is 11.0. The minimum absolute atomic E-state index is 0.248. The minimum atomic E-state index is -0.269. The Morgan fingerprint density at radius 2 is 1.96 bits per heavy atom. The quantitative estimate of drug-likeness (QED) is 0.804. The van der Waals surface area contributed by atoms with Crippen LogP contribution in [0.5, 0.6) is 0 Å². The average Bonchev–Trinajstić information content (AvgIpc) is 3.07. The van der Waals surface area contributed by atoms with Crippen LogP contribution in [0.2, 0.25) is 0 Å². The second-order valence-electron chi connectivity index (χ2n) is 5.28. The van der Waals surface area contributed by atoms with E-state index < -0.39 is 0 Å². The number of aromatic nitrogens is 4. The summed E-state index contributed by atoms with van der Waals surface area (Å²) in [5.41, 5.74) is 2.10. The van der Waals surface area contributed by atoms with Crippen LogP contribution in [-0.2, 0) is 13.6 Å². The standard InChI is InChI=1S/C16H16FN5O/c1-11-14(10-21(2)19-11)16(23)18-15-7-8-22(20-15)9-12-3-5-13(17)6-4-12/h3-8,10H,9H2,1-2H3,(H,18,20,23). The molecule has 0 saturated carbocycles. The van der Waals surface area contributed by atoms with Crippen molar-refractivity contribution in [1.82, 2.24) is 19.6 Å². The Bertz CT molecular complexity index is 835. The van der Waals surface area contributed by atoms with Crippen molar-refractivity contribution >= 4 is 11.7 Å². The third-order valence-electron chi connectivity index (χ3n) is 3.40. The molecule has 3 rings (SSSR count). The predicted octanol–water partition coefficient (Wildman–Crippen LogP) is 2.36. The van der Waals surface area contributed by atoms with Crippen molar-refractivity contribution in [2.45, 2.75) is 13.5 Å². The number of carbonyl (C=O) groups excluding carboxylic acids is 1. The largest absolute Gasteiger partial charge is 0.305 e. The maximum Gasteiger partial charge on any atom is 0.260 e. The summed E-state index contributed by atoms with van der Waals surface area (Å²) >= 11 is 0. The van der Waals surface area contributed by atoms with Gasteiger partial charge >= 0.3 is 0 Å². The van der Waals surface area contributed by atoms with Gasteiger partial charge in [0.1, 0.15) is 5.82 Å². The molecule has 0 bridgehead atoms. The molecule has 1 amide bonds. The summed E-state index contributed by atoms with van der Waals surface area (Å²) in [6.45, 7) is 2.28. The van der Waals surface area contributed by atoms with Gasteiger partial charge < -0.3 is 5.32 Å². The molecule has 0 spiro atoms. The van der Waals surface area contributed by atoms with E-state index in [1.165, 1.54) is 12.1 Å². The van der Waals surface area contributed by atoms with Gasteiger partial charge in [0.05, 0.1) is 17.8 Å². The van der Waals surface area contributed by atoms with Crippen LogP contribution in [0.15, 0.2) is 42.7 Å². The van der Waals surface area contributed by atoms with Crippen LogP contribution in [0.25, 0.3) is 0 Å². The lowest BCUT2D eigenvalue weighted by Gasteiger charge is -2.02. The SMILES string of the molecule is Cc1nn(C)cc1C(=O)Nc1ccn(Cc2ccc(F)cc2)n1. The second kappa shape index (κ2) is 6.04. The number of nitrogens with zero attached hydrogens (tertiary/aromatic N) is 4. The first-order valence-corrected chi connectivity index (χ1v) is 7.11. The molecule has 2 aromatic heterocycles. The molecule has 1 N–H and O–H groups in total. The van der Waals surface area contributed by atoms with Gasteiger partial charge in [-0.05, 0) is 24.6 Å². The summed E-state index contributed by atoms with van der Waals surface area (Å²) < 4.78 is 16.2. The van der Waals surface area contributed by atoms with E-state index in [0.29, 0.717) is 23.6 Å². The second-order valence-corrected chi connectivity index (χ2v) is 5.28. The van der Waals surface area contributed by atoms with Gasteiger partial charge in [-0.2, -0.15) is 10.2 Å². The number of anilines is 1. The van der Waals surface area contributed by atoms with Crippen molar-refractivity contribution in [1.29, 1.82) is 0 Å². The molecule has 0 aliphatic carbocycles. The number of aryl methyl sites for hydroxylation is 2. The highest BCUT2D eigenvalue weighted by Crippen LogP contribution is 2.11. The maximum atomic E-state index is 12.9. The average molecular weight is 313 g/mol. The summed E-state index contributed by atoms with van der Waals surface area (Å²) in [6.07, 6.45) is 3.43. The van der Waals surface area contributed by atoms with Crippen molar-refractivity contribution in [3.05, 3.63) is 65.4 Å². The molecule has 3 aromatic rings. The van der Waals surface area contributed by atoms with Crippen molar-refractivity contribution in [2.75, 3.05) is 5.32 Å². The van der Waals surface area contributed by atoms with Gasteiger partial charge in [-0.1, -0.05) is 12.1 Å². The Labute approximate surface area is 132 Å². The molecule has 7 heteroatoms. The van der Waals surface area contributed by atoms with Crippen molar-refractivity contribution in [3.8, 4) is 0 Å². The first kappa shape index (κ1) is 15.0. The van der Waals surface area contributed by atoms with E-state index in [9.17, 15) is 9.18 Å². The lowest BCUT2D eigenvalue weighted by molar-refractivity contribution is 0.102. The molecule has 0 saturated heterocycles. The highest BCUT2D eigenvalue weighted by Gasteiger charge is 2.13. The topological polar surface area (TPSA) is 64.7 Å². The molecule has 6 nitrogen and oxygen atoms in total. The lowest BCUT2D eigenvalue weighted by atomic mass is 10.2. The Morgan fingerprint density at radius 1 is 1.22 bits per heavy atom. The smallest absolute Gasteiger partial charge is 0.260 e. The van der Waals surface area contributed by atoms with Crippen molar-refractivity contribution < 1.29 is 9.18 Å². The number of halogens is 1. The van der Waals surface area contributed by atoms with Gasteiger partial charge in [-0.15, -0.1) is 0 Å². The van der Waals surface area contributed by atoms with Gasteiger partial charge in [-0.25, -0.2) is 4.39 Å². The Balaban J connectivity index is 1.68. The zero-order valence-electron chi connectivity index (χ0n) is 12.8. The van der Waals surface area contributed by atoms with E-state index in [0.717, 1.165) is 5.56 Å². The summed E-state index contributed by atoms with van der Waals surface area (Å²) in [5.74, 6) is -0.0583. The highest BCUT2D eigenvalue weighted by atomic mass is 19.1. The minimum Gasteiger partial charge on any atom is -0.305 e. The van der Waals surface area contributed by atoms with Crippen LogP contribution < -0.4 is 5.32 Å². The molecular weight excluding hydrogens is 297 g/mol. The van der Waals surface area contributed by atoms with Gasteiger partial charge in [0.15, 0.2) is 5.82 Å². The van der Waals surface area contributed by atoms with Crippen LogP contribution in [-0.4, -0.2) is 25.5 Å². The molecule has 0 fully saturated rings. The summed E-state index contributed by atoms with van der Waals surface area (Å²) in [7, 11) is 1.77. The molecule has 0 aliphatic rings. The fraction of sp³-hybridized carbons (Fsp3) is 0.188. The zero-order chi connectivity index (χ0) is 16.4. The van der Waals surface area contributed by atoms with Gasteiger partial charge in [0.25, 0.3) is 5.91 Å². The third kappa shape index (κ3) is 3.45. The number of nitrogens with one attached hydrogen (secondary N) is 1. The number of amides is 1. The van der Waals surface area contributed by atoms with E-state index in [-0.39, 0.29) is 11.7 Å². The van der Waals surface area contributed by atoms with Crippen molar-refractivity contribution in [3.63, 3.8) is 0 Å². The molecule has 23 heavy (non-hydrogen) atoms. The van der Waals surface area contributed by atoms with E-state index in [1.807, 2.05) is 0 Å². The first-order valence-electron chi connectivity index (χ1n) is 7.11. The Morgan fingerprint density at radius 3 is 2.61 bits per heavy atom. The molecular formula is C16H16FN5O. The van der Waals surface area contributed by atoms with Crippen molar-refractivity contribution in [2.24, 2.45) is 7.05 Å². The molecule has 0 atom stereocenters. The predicted molar refractivity (Wildman–Crippen MR) is 83.6 cm³/mol. The number of rotatable bonds is 4. The Kier molecular flexibility index (Phi) is 3.92. The highest BCUT2D eigenvalue weighted by molar-refractivity contribution is 6.04. The van der Waals surface area contributed by atoms with Crippen LogP contribution in [0.1, 0.15) is 21.6 Å². The van der Waals surface area contributed by atoms with E-state index in [1.54, 1.807) is 53.9 Å². The van der Waals surface area contributed by atoms with Crippen LogP contribution in [0.4, 0.5) is 10.2 Å². The zero-order valence-corrected chi connectivity index (χ0v) is 12.8. The van der Waals surface area contributed by atoms with E-state index in [4.69, 9.17) is 0 Å². The number of benzene rings is 1. The number of hydrogen-bond acceptors (Lipinski definition) is 3. The van der Waals surface area contributed by atoms with Crippen LogP contribution >= 0.6 is 0 Å². The maximum absolute atomic E-state index is 12.9. The van der Waals surface area contributed by atoms with Gasteiger partial charge in [0, 0.05) is 25.5 Å².